The van der Waals surface area contributed by atoms with Crippen LogP contribution in [0.1, 0.15) is 29.3 Å². The number of aryl methyl sites for hydroxylation is 1. The second-order valence-corrected chi connectivity index (χ2v) is 12.0. The molecular weight excluding hydrogens is 529 g/mol. The lowest BCUT2D eigenvalue weighted by Crippen LogP contribution is -2.10. The molecule has 6 rings (SSSR count). The van der Waals surface area contributed by atoms with Crippen LogP contribution < -0.4 is 0 Å². The summed E-state index contributed by atoms with van der Waals surface area (Å²) in [5, 5.41) is 15.1. The van der Waals surface area contributed by atoms with Crippen LogP contribution in [0.15, 0.2) is 88.2 Å². The van der Waals surface area contributed by atoms with E-state index < -0.39 is 17.2 Å². The Morgan fingerprint density at radius 1 is 1.15 bits per heavy atom. The van der Waals surface area contributed by atoms with Gasteiger partial charge in [0.25, 0.3) is 5.91 Å². The molecule has 1 amide bonds. The fourth-order valence-electron chi connectivity index (χ4n) is 5.29. The zero-order valence-electron chi connectivity index (χ0n) is 21.1. The van der Waals surface area contributed by atoms with Crippen molar-refractivity contribution in [2.45, 2.75) is 30.6 Å². The summed E-state index contributed by atoms with van der Waals surface area (Å²) in [5.74, 6) is -1.42. The number of rotatable bonds is 6. The zero-order chi connectivity index (χ0) is 27.3. The van der Waals surface area contributed by atoms with E-state index in [4.69, 9.17) is 0 Å². The molecule has 0 spiro atoms. The van der Waals surface area contributed by atoms with Crippen LogP contribution in [0.3, 0.4) is 0 Å². The van der Waals surface area contributed by atoms with Gasteiger partial charge in [0.05, 0.1) is 17.1 Å². The summed E-state index contributed by atoms with van der Waals surface area (Å²) in [5.41, 5.74) is 5.65. The maximum atomic E-state index is 14.7. The van der Waals surface area contributed by atoms with Crippen LogP contribution in [0.25, 0.3) is 33.3 Å². The number of carbonyl (C=O) groups excluding carboxylic acids is 1. The molecule has 2 aromatic heterocycles. The Bertz CT molecular complexity index is 1820. The second-order valence-electron chi connectivity index (χ2n) is 10.0. The van der Waals surface area contributed by atoms with Crippen molar-refractivity contribution in [3.63, 3.8) is 0 Å². The fourth-order valence-corrected chi connectivity index (χ4v) is 6.99. The van der Waals surface area contributed by atoms with Crippen molar-refractivity contribution in [1.82, 2.24) is 3.97 Å². The topological polar surface area (TPSA) is 75.2 Å². The number of nitroso groups, excluding NO2 is 1. The van der Waals surface area contributed by atoms with Crippen molar-refractivity contribution in [1.29, 1.82) is 5.26 Å². The molecule has 2 unspecified atom stereocenters. The highest BCUT2D eigenvalue weighted by molar-refractivity contribution is 7.98. The molecule has 5 nitrogen and oxygen atoms in total. The van der Waals surface area contributed by atoms with E-state index in [0.29, 0.717) is 16.7 Å². The van der Waals surface area contributed by atoms with Gasteiger partial charge in [0.1, 0.15) is 16.8 Å². The largest absolute Gasteiger partial charge is 0.290 e. The molecule has 0 radical (unpaired) electrons. The van der Waals surface area contributed by atoms with Crippen LogP contribution in [-0.2, 0) is 10.2 Å². The normalized spacial score (nSPS) is 18.2. The van der Waals surface area contributed by atoms with Gasteiger partial charge in [0.15, 0.2) is 0 Å². The first-order chi connectivity index (χ1) is 18.8. The Morgan fingerprint density at radius 2 is 1.95 bits per heavy atom. The molecule has 8 heteroatoms. The third-order valence-electron chi connectivity index (χ3n) is 7.56. The maximum absolute atomic E-state index is 14.7. The van der Waals surface area contributed by atoms with Gasteiger partial charge >= 0.3 is 0 Å². The molecule has 0 aliphatic heterocycles. The lowest BCUT2D eigenvalue weighted by atomic mass is 9.91. The van der Waals surface area contributed by atoms with Crippen LogP contribution in [0, 0.1) is 34.9 Å². The first-order valence-electron chi connectivity index (χ1n) is 12.4. The smallest absolute Gasteiger partial charge is 0.279 e. The highest BCUT2D eigenvalue weighted by Gasteiger charge is 2.56. The van der Waals surface area contributed by atoms with E-state index in [9.17, 15) is 19.4 Å². The minimum Gasteiger partial charge on any atom is -0.279 e. The van der Waals surface area contributed by atoms with E-state index >= 15 is 0 Å². The number of nitriles is 1. The van der Waals surface area contributed by atoms with Crippen molar-refractivity contribution in [3.05, 3.63) is 105 Å². The number of thiophene rings is 1. The molecule has 2 atom stereocenters. The molecule has 1 saturated carbocycles. The Balaban J connectivity index is 1.63. The monoisotopic (exact) mass is 551 g/mol. The average molecular weight is 552 g/mol. The van der Waals surface area contributed by atoms with Crippen LogP contribution in [0.4, 0.5) is 4.39 Å². The summed E-state index contributed by atoms with van der Waals surface area (Å²) in [6, 6.07) is 25.1. The Hall–Kier alpha value is -4.06. The van der Waals surface area contributed by atoms with E-state index in [1.165, 1.54) is 35.4 Å². The van der Waals surface area contributed by atoms with Crippen LogP contribution in [0.2, 0.25) is 0 Å². The third-order valence-corrected chi connectivity index (χ3v) is 9.42. The Kier molecular flexibility index (Phi) is 6.21. The van der Waals surface area contributed by atoms with Crippen molar-refractivity contribution >= 4 is 40.1 Å². The number of amides is 1. The molecule has 3 aromatic carbocycles. The minimum atomic E-state index is -0.625. The molecule has 5 aromatic rings. The predicted molar refractivity (Wildman–Crippen MR) is 154 cm³/mol. The first kappa shape index (κ1) is 25.2. The lowest BCUT2D eigenvalue weighted by molar-refractivity contribution is -0.119. The third kappa shape index (κ3) is 4.28. The Labute approximate surface area is 233 Å². The Morgan fingerprint density at radius 3 is 2.69 bits per heavy atom. The van der Waals surface area contributed by atoms with Gasteiger partial charge in [-0.05, 0) is 78.7 Å². The van der Waals surface area contributed by atoms with E-state index in [1.54, 1.807) is 6.07 Å². The quantitative estimate of drug-likeness (QED) is 0.198. The molecule has 0 N–H and O–H groups in total. The molecule has 1 fully saturated rings. The van der Waals surface area contributed by atoms with E-state index in [0.717, 1.165) is 43.9 Å². The maximum Gasteiger partial charge on any atom is 0.290 e. The zero-order valence-corrected chi connectivity index (χ0v) is 22.8. The van der Waals surface area contributed by atoms with E-state index in [-0.39, 0.29) is 5.82 Å². The molecule has 1 aliphatic carbocycles. The number of aromatic nitrogens is 1. The van der Waals surface area contributed by atoms with Crippen LogP contribution in [0.5, 0.6) is 0 Å². The van der Waals surface area contributed by atoms with Crippen molar-refractivity contribution in [3.8, 4) is 28.5 Å². The van der Waals surface area contributed by atoms with Gasteiger partial charge in [-0.1, -0.05) is 42.8 Å². The summed E-state index contributed by atoms with van der Waals surface area (Å²) < 4.78 is 16.8. The molecule has 1 aliphatic rings. The summed E-state index contributed by atoms with van der Waals surface area (Å²) in [4.78, 5) is 24.6. The first-order valence-corrected chi connectivity index (χ1v) is 14.0. The standard InChI is InChI=1S/C31H22FN3O2S2/c1-18-6-9-22(10-7-18)39-35-26-11-8-21(32)15-24(26)28(23-12-13-38-27(23)17-33)29(35)19-4-3-5-20(14-19)31(2)16-25(31)30(36)34-37/h3-15,25H,16H2,1-2H3. The summed E-state index contributed by atoms with van der Waals surface area (Å²) in [6.07, 6.45) is 0.559. The van der Waals surface area contributed by atoms with E-state index in [2.05, 4.69) is 27.4 Å². The van der Waals surface area contributed by atoms with Crippen molar-refractivity contribution < 1.29 is 9.18 Å². The highest BCUT2D eigenvalue weighted by atomic mass is 32.2. The van der Waals surface area contributed by atoms with Gasteiger partial charge in [-0.15, -0.1) is 16.2 Å². The molecule has 0 saturated heterocycles. The predicted octanol–water partition coefficient (Wildman–Crippen LogP) is 8.48. The second kappa shape index (κ2) is 9.60. The average Bonchev–Trinajstić information content (AvgIpc) is 3.28. The van der Waals surface area contributed by atoms with Gasteiger partial charge in [-0.25, -0.2) is 4.39 Å². The van der Waals surface area contributed by atoms with Gasteiger partial charge in [0.2, 0.25) is 0 Å². The number of benzene rings is 3. The number of halogens is 1. The lowest BCUT2D eigenvalue weighted by Gasteiger charge is -2.16. The van der Waals surface area contributed by atoms with Crippen LogP contribution >= 0.6 is 23.3 Å². The SMILES string of the molecule is Cc1ccc(Sn2c(-c3cccc(C4(C)CC4C(=O)N=O)c3)c(-c3ccsc3C#N)c3cc(F)ccc32)cc1. The van der Waals surface area contributed by atoms with Gasteiger partial charge < -0.3 is 0 Å². The minimum absolute atomic E-state index is 0.358. The highest BCUT2D eigenvalue weighted by Crippen LogP contribution is 2.55. The van der Waals surface area contributed by atoms with Gasteiger partial charge in [-0.2, -0.15) is 5.26 Å². The summed E-state index contributed by atoms with van der Waals surface area (Å²) in [6.45, 7) is 4.01. The van der Waals surface area contributed by atoms with E-state index in [1.807, 2.05) is 61.7 Å². The molecule has 39 heavy (non-hydrogen) atoms. The van der Waals surface area contributed by atoms with Gasteiger partial charge in [0, 0.05) is 37.6 Å². The molecule has 0 bridgehead atoms. The number of hydrogen-bond donors (Lipinski definition) is 0. The molecule has 2 heterocycles. The number of carbonyl (C=O) groups is 1. The number of nitrogens with zero attached hydrogens (tertiary/aromatic N) is 3. The molecular formula is C31H22FN3O2S2. The van der Waals surface area contributed by atoms with Crippen molar-refractivity contribution in [2.75, 3.05) is 0 Å². The van der Waals surface area contributed by atoms with Gasteiger partial charge in [-0.3, -0.25) is 8.77 Å². The fraction of sp³-hybridized carbons (Fsp3) is 0.161. The number of hydrogen-bond acceptors (Lipinski definition) is 5. The summed E-state index contributed by atoms with van der Waals surface area (Å²) in [7, 11) is 0. The van der Waals surface area contributed by atoms with Crippen molar-refractivity contribution in [2.24, 2.45) is 11.1 Å². The summed E-state index contributed by atoms with van der Waals surface area (Å²) >= 11 is 2.88. The number of fused-ring (bicyclic) bond motifs is 1. The molecule has 192 valence electrons. The van der Waals surface area contributed by atoms with Crippen LogP contribution in [-0.4, -0.2) is 9.88 Å².